The third-order valence-corrected chi connectivity index (χ3v) is 6.38. The van der Waals surface area contributed by atoms with Crippen molar-refractivity contribution < 1.29 is 9.84 Å². The van der Waals surface area contributed by atoms with E-state index in [9.17, 15) is 5.11 Å². The Kier molecular flexibility index (Phi) is 10.8. The van der Waals surface area contributed by atoms with E-state index in [-0.39, 0.29) is 5.60 Å². The maximum atomic E-state index is 9.61. The van der Waals surface area contributed by atoms with Crippen LogP contribution >= 0.6 is 0 Å². The highest BCUT2D eigenvalue weighted by molar-refractivity contribution is 5.41. The highest BCUT2D eigenvalue weighted by atomic mass is 16.5. The van der Waals surface area contributed by atoms with Crippen molar-refractivity contribution in [1.29, 1.82) is 0 Å². The molecule has 160 valence electrons. The summed E-state index contributed by atoms with van der Waals surface area (Å²) in [7, 11) is 0. The van der Waals surface area contributed by atoms with E-state index in [1.54, 1.807) is 6.07 Å². The summed E-state index contributed by atoms with van der Waals surface area (Å²) >= 11 is 0. The summed E-state index contributed by atoms with van der Waals surface area (Å²) in [6.45, 7) is 4.54. The van der Waals surface area contributed by atoms with Crippen LogP contribution in [-0.2, 0) is 6.42 Å². The van der Waals surface area contributed by atoms with E-state index in [0.29, 0.717) is 5.75 Å². The second kappa shape index (κ2) is 13.1. The average molecular weight is 389 g/mol. The zero-order valence-electron chi connectivity index (χ0n) is 18.6. The third-order valence-electron chi connectivity index (χ3n) is 6.38. The van der Waals surface area contributed by atoms with Crippen molar-refractivity contribution in [3.8, 4) is 11.5 Å². The van der Waals surface area contributed by atoms with Gasteiger partial charge < -0.3 is 9.84 Å². The molecule has 1 aromatic rings. The summed E-state index contributed by atoms with van der Waals surface area (Å²) in [5, 5.41) is 9.61. The minimum atomic E-state index is -0.0267. The van der Waals surface area contributed by atoms with Crippen LogP contribution in [0.3, 0.4) is 0 Å². The van der Waals surface area contributed by atoms with E-state index in [4.69, 9.17) is 4.74 Å². The summed E-state index contributed by atoms with van der Waals surface area (Å²) in [5.74, 6) is 1.31. The number of rotatable bonds is 15. The highest BCUT2D eigenvalue weighted by Gasteiger charge is 2.30. The predicted molar refractivity (Wildman–Crippen MR) is 120 cm³/mol. The van der Waals surface area contributed by atoms with Crippen molar-refractivity contribution in [3.63, 3.8) is 0 Å². The highest BCUT2D eigenvalue weighted by Crippen LogP contribution is 2.37. The molecule has 0 aromatic heterocycles. The molecular weight excluding hydrogens is 344 g/mol. The molecule has 0 bridgehead atoms. The van der Waals surface area contributed by atoms with Crippen LogP contribution in [0.25, 0.3) is 0 Å². The Morgan fingerprint density at radius 2 is 1.36 bits per heavy atom. The zero-order chi connectivity index (χ0) is 20.1. The van der Waals surface area contributed by atoms with Crippen LogP contribution in [0.1, 0.15) is 122 Å². The van der Waals surface area contributed by atoms with Gasteiger partial charge in [0.2, 0.25) is 0 Å². The second-order valence-corrected chi connectivity index (χ2v) is 9.19. The van der Waals surface area contributed by atoms with Gasteiger partial charge >= 0.3 is 0 Å². The number of ether oxygens (including phenoxy) is 1. The van der Waals surface area contributed by atoms with Crippen LogP contribution < -0.4 is 4.74 Å². The minimum absolute atomic E-state index is 0.0267. The van der Waals surface area contributed by atoms with Gasteiger partial charge in [-0.25, -0.2) is 0 Å². The molecule has 28 heavy (non-hydrogen) atoms. The first kappa shape index (κ1) is 23.1. The maximum absolute atomic E-state index is 9.61. The van der Waals surface area contributed by atoms with Crippen molar-refractivity contribution in [1.82, 2.24) is 0 Å². The van der Waals surface area contributed by atoms with E-state index in [1.165, 1.54) is 89.9 Å². The summed E-state index contributed by atoms with van der Waals surface area (Å²) in [6, 6.07) is 5.51. The minimum Gasteiger partial charge on any atom is -0.508 e. The number of hydrogen-bond donors (Lipinski definition) is 1. The fraction of sp³-hybridized carbons (Fsp3) is 0.769. The van der Waals surface area contributed by atoms with Gasteiger partial charge in [0.15, 0.2) is 0 Å². The van der Waals surface area contributed by atoms with Gasteiger partial charge in [0, 0.05) is 0 Å². The fourth-order valence-electron chi connectivity index (χ4n) is 4.45. The lowest BCUT2D eigenvalue weighted by Crippen LogP contribution is -2.36. The molecule has 1 aliphatic rings. The van der Waals surface area contributed by atoms with Gasteiger partial charge in [0.1, 0.15) is 17.1 Å². The Balaban J connectivity index is 1.43. The number of hydrogen-bond acceptors (Lipinski definition) is 2. The number of aryl methyl sites for hydroxylation is 1. The molecule has 1 aromatic carbocycles. The lowest BCUT2D eigenvalue weighted by atomic mass is 9.88. The molecule has 2 nitrogen and oxygen atoms in total. The number of phenols is 1. The Morgan fingerprint density at radius 3 is 1.93 bits per heavy atom. The third kappa shape index (κ3) is 8.88. The molecule has 1 N–H and O–H groups in total. The smallest absolute Gasteiger partial charge is 0.123 e. The Hall–Kier alpha value is -1.18. The van der Waals surface area contributed by atoms with Crippen molar-refractivity contribution >= 4 is 0 Å². The van der Waals surface area contributed by atoms with Crippen LogP contribution in [-0.4, -0.2) is 10.7 Å². The quantitative estimate of drug-likeness (QED) is 0.306. The lowest BCUT2D eigenvalue weighted by Gasteiger charge is -2.36. The van der Waals surface area contributed by atoms with Crippen molar-refractivity contribution in [2.24, 2.45) is 0 Å². The van der Waals surface area contributed by atoms with E-state index in [0.717, 1.165) is 30.6 Å². The number of unbranched alkanes of at least 4 members (excludes halogenated alkanes) is 13. The molecule has 0 saturated carbocycles. The van der Waals surface area contributed by atoms with Crippen LogP contribution in [0.2, 0.25) is 0 Å². The normalized spacial score (nSPS) is 18.6. The Morgan fingerprint density at radius 1 is 0.821 bits per heavy atom. The van der Waals surface area contributed by atoms with Gasteiger partial charge in [-0.3, -0.25) is 0 Å². The maximum Gasteiger partial charge on any atom is 0.123 e. The molecular formula is C26H44O2. The molecule has 2 rings (SSSR count). The SMILES string of the molecule is CCCCCCCCCCCCCCCCC1(C)CCc2cc(O)ccc2O1. The molecule has 1 unspecified atom stereocenters. The molecule has 2 heteroatoms. The molecule has 0 spiro atoms. The van der Waals surface area contributed by atoms with Gasteiger partial charge in [-0.1, -0.05) is 90.4 Å². The predicted octanol–water partition coefficient (Wildman–Crippen LogP) is 8.35. The van der Waals surface area contributed by atoms with Gasteiger partial charge in [-0.05, 0) is 56.4 Å². The Labute approximate surface area is 174 Å². The molecule has 0 amide bonds. The van der Waals surface area contributed by atoms with E-state index >= 15 is 0 Å². The first-order valence-electron chi connectivity index (χ1n) is 12.1. The van der Waals surface area contributed by atoms with Crippen molar-refractivity contribution in [2.45, 2.75) is 129 Å². The standard InChI is InChI=1S/C26H44O2/c1-3-4-5-6-7-8-9-10-11-12-13-14-15-16-20-26(2)21-19-23-22-24(27)17-18-25(23)28-26/h17-18,22,27H,3-16,19-21H2,1-2H3. The van der Waals surface area contributed by atoms with Crippen LogP contribution in [0, 0.1) is 0 Å². The van der Waals surface area contributed by atoms with Gasteiger partial charge in [0.25, 0.3) is 0 Å². The molecule has 0 aliphatic carbocycles. The van der Waals surface area contributed by atoms with Gasteiger partial charge in [0.05, 0.1) is 0 Å². The summed E-state index contributed by atoms with van der Waals surface area (Å²) in [4.78, 5) is 0. The van der Waals surface area contributed by atoms with E-state index in [1.807, 2.05) is 12.1 Å². The molecule has 1 heterocycles. The van der Waals surface area contributed by atoms with Gasteiger partial charge in [-0.15, -0.1) is 0 Å². The van der Waals surface area contributed by atoms with E-state index < -0.39 is 0 Å². The first-order chi connectivity index (χ1) is 13.6. The second-order valence-electron chi connectivity index (χ2n) is 9.19. The molecule has 0 saturated heterocycles. The lowest BCUT2D eigenvalue weighted by molar-refractivity contribution is 0.0533. The topological polar surface area (TPSA) is 29.5 Å². The fourth-order valence-corrected chi connectivity index (χ4v) is 4.45. The number of phenolic OH excluding ortho intramolecular Hbond substituents is 1. The van der Waals surface area contributed by atoms with Crippen molar-refractivity contribution in [3.05, 3.63) is 23.8 Å². The monoisotopic (exact) mass is 388 g/mol. The van der Waals surface area contributed by atoms with Gasteiger partial charge in [-0.2, -0.15) is 0 Å². The molecule has 1 aliphatic heterocycles. The largest absolute Gasteiger partial charge is 0.508 e. The number of aromatic hydroxyl groups is 1. The molecule has 1 atom stereocenters. The van der Waals surface area contributed by atoms with Crippen LogP contribution in [0.4, 0.5) is 0 Å². The summed E-state index contributed by atoms with van der Waals surface area (Å²) in [6.07, 6.45) is 22.9. The first-order valence-corrected chi connectivity index (χ1v) is 12.1. The Bertz CT molecular complexity index is 539. The molecule has 0 fully saturated rings. The number of fused-ring (bicyclic) bond motifs is 1. The van der Waals surface area contributed by atoms with Crippen LogP contribution in [0.15, 0.2) is 18.2 Å². The zero-order valence-corrected chi connectivity index (χ0v) is 18.6. The molecule has 0 radical (unpaired) electrons. The summed E-state index contributed by atoms with van der Waals surface area (Å²) in [5.41, 5.74) is 1.12. The summed E-state index contributed by atoms with van der Waals surface area (Å²) < 4.78 is 6.28. The van der Waals surface area contributed by atoms with Crippen molar-refractivity contribution in [2.75, 3.05) is 0 Å². The average Bonchev–Trinajstić information content (AvgIpc) is 2.68. The van der Waals surface area contributed by atoms with E-state index in [2.05, 4.69) is 13.8 Å². The van der Waals surface area contributed by atoms with Crippen LogP contribution in [0.5, 0.6) is 11.5 Å². The number of benzene rings is 1.